The molecule has 0 aromatic heterocycles. The van der Waals surface area contributed by atoms with Crippen molar-refractivity contribution in [3.63, 3.8) is 0 Å². The fourth-order valence-corrected chi connectivity index (χ4v) is 3.54. The van der Waals surface area contributed by atoms with E-state index in [2.05, 4.69) is 0 Å². The summed E-state index contributed by atoms with van der Waals surface area (Å²) < 4.78 is 0. The number of aliphatic hydroxyl groups is 1. The molecule has 0 saturated carbocycles. The van der Waals surface area contributed by atoms with Gasteiger partial charge in [-0.1, -0.05) is 11.6 Å². The molecule has 2 aliphatic heterocycles. The number of phenolic OH excluding ortho intramolecular Hbond substituents is 1. The Morgan fingerprint density at radius 2 is 2.21 bits per heavy atom. The molecular formula is C14H16ClNO3. The normalized spacial score (nSPS) is 28.9. The molecule has 3 atom stereocenters. The van der Waals surface area contributed by atoms with Crippen LogP contribution in [0.3, 0.4) is 0 Å². The van der Waals surface area contributed by atoms with Gasteiger partial charge in [0.05, 0.1) is 5.02 Å². The van der Waals surface area contributed by atoms with Crippen LogP contribution in [0.2, 0.25) is 5.02 Å². The smallest absolute Gasteiger partial charge is 0.254 e. The molecule has 102 valence electrons. The molecular weight excluding hydrogens is 266 g/mol. The minimum Gasteiger partial charge on any atom is -0.506 e. The van der Waals surface area contributed by atoms with Crippen molar-refractivity contribution in [2.45, 2.75) is 31.3 Å². The number of benzene rings is 1. The number of halogens is 1. The number of nitrogens with zero attached hydrogens (tertiary/aromatic N) is 1. The van der Waals surface area contributed by atoms with Gasteiger partial charge in [0.15, 0.2) is 0 Å². The van der Waals surface area contributed by atoms with Crippen LogP contribution in [0, 0.1) is 5.92 Å². The quantitative estimate of drug-likeness (QED) is 0.872. The van der Waals surface area contributed by atoms with E-state index < -0.39 is 0 Å². The highest BCUT2D eigenvalue weighted by atomic mass is 35.5. The molecule has 0 spiro atoms. The van der Waals surface area contributed by atoms with Gasteiger partial charge in [-0.25, -0.2) is 0 Å². The molecule has 1 aromatic carbocycles. The average Bonchev–Trinajstić information content (AvgIpc) is 2.98. The fourth-order valence-electron chi connectivity index (χ4n) is 3.42. The maximum Gasteiger partial charge on any atom is 0.254 e. The molecule has 3 rings (SSSR count). The molecule has 0 aliphatic carbocycles. The second-order valence-electron chi connectivity index (χ2n) is 5.36. The molecule has 2 aliphatic rings. The zero-order valence-electron chi connectivity index (χ0n) is 10.4. The molecule has 0 radical (unpaired) electrons. The summed E-state index contributed by atoms with van der Waals surface area (Å²) >= 11 is 5.75. The van der Waals surface area contributed by atoms with Gasteiger partial charge in [0.25, 0.3) is 5.91 Å². The van der Waals surface area contributed by atoms with Crippen LogP contribution in [-0.2, 0) is 0 Å². The van der Waals surface area contributed by atoms with E-state index in [1.165, 1.54) is 12.1 Å². The lowest BCUT2D eigenvalue weighted by Gasteiger charge is -2.24. The highest BCUT2D eigenvalue weighted by molar-refractivity contribution is 6.32. The third-order valence-electron chi connectivity index (χ3n) is 4.33. The van der Waals surface area contributed by atoms with Gasteiger partial charge in [0, 0.05) is 30.2 Å². The largest absolute Gasteiger partial charge is 0.506 e. The first-order valence-electron chi connectivity index (χ1n) is 6.54. The summed E-state index contributed by atoms with van der Waals surface area (Å²) in [4.78, 5) is 14.4. The third kappa shape index (κ3) is 1.99. The maximum atomic E-state index is 12.5. The van der Waals surface area contributed by atoms with E-state index in [1.54, 1.807) is 6.07 Å². The van der Waals surface area contributed by atoms with Crippen molar-refractivity contribution in [2.75, 3.05) is 6.61 Å². The highest BCUT2D eigenvalue weighted by Gasteiger charge is 2.48. The standard InChI is InChI=1S/C14H16ClNO3/c15-11-3-1-8(6-13(11)18)14(19)16-10-2-4-12(16)9(5-10)7-17/h1,3,6,9-10,12,17-18H,2,4-5,7H2. The van der Waals surface area contributed by atoms with Gasteiger partial charge in [-0.2, -0.15) is 0 Å². The number of phenols is 1. The van der Waals surface area contributed by atoms with Gasteiger partial charge in [0.1, 0.15) is 5.75 Å². The minimum atomic E-state index is -0.0737. The van der Waals surface area contributed by atoms with E-state index in [1.807, 2.05) is 4.90 Å². The van der Waals surface area contributed by atoms with Crippen LogP contribution in [0.5, 0.6) is 5.75 Å². The molecule has 4 nitrogen and oxygen atoms in total. The summed E-state index contributed by atoms with van der Waals surface area (Å²) in [7, 11) is 0. The molecule has 3 unspecified atom stereocenters. The van der Waals surface area contributed by atoms with E-state index >= 15 is 0 Å². The highest BCUT2D eigenvalue weighted by Crippen LogP contribution is 2.42. The number of hydrogen-bond donors (Lipinski definition) is 2. The van der Waals surface area contributed by atoms with Crippen LogP contribution < -0.4 is 0 Å². The SMILES string of the molecule is O=C(c1ccc(Cl)c(O)c1)N1C2CCC1C(CO)C2. The van der Waals surface area contributed by atoms with Crippen LogP contribution >= 0.6 is 11.6 Å². The topological polar surface area (TPSA) is 60.8 Å². The number of aromatic hydroxyl groups is 1. The Morgan fingerprint density at radius 3 is 2.84 bits per heavy atom. The van der Waals surface area contributed by atoms with Gasteiger partial charge in [-0.05, 0) is 37.5 Å². The first kappa shape index (κ1) is 12.8. The van der Waals surface area contributed by atoms with Crippen molar-refractivity contribution in [2.24, 2.45) is 5.92 Å². The van der Waals surface area contributed by atoms with Crippen molar-refractivity contribution in [3.8, 4) is 5.75 Å². The van der Waals surface area contributed by atoms with Crippen LogP contribution in [0.1, 0.15) is 29.6 Å². The van der Waals surface area contributed by atoms with E-state index in [4.69, 9.17) is 11.6 Å². The van der Waals surface area contributed by atoms with Crippen LogP contribution in [0.25, 0.3) is 0 Å². The molecule has 1 aromatic rings. The van der Waals surface area contributed by atoms with Crippen molar-refractivity contribution < 1.29 is 15.0 Å². The third-order valence-corrected chi connectivity index (χ3v) is 4.65. The van der Waals surface area contributed by atoms with Crippen molar-refractivity contribution >= 4 is 17.5 Å². The number of hydrogen-bond acceptors (Lipinski definition) is 3. The van der Waals surface area contributed by atoms with Crippen molar-refractivity contribution in [1.82, 2.24) is 4.90 Å². The predicted molar refractivity (Wildman–Crippen MR) is 71.3 cm³/mol. The van der Waals surface area contributed by atoms with E-state index in [0.29, 0.717) is 5.56 Å². The first-order chi connectivity index (χ1) is 9.11. The van der Waals surface area contributed by atoms with Crippen molar-refractivity contribution in [3.05, 3.63) is 28.8 Å². The number of rotatable bonds is 2. The Hall–Kier alpha value is -1.26. The van der Waals surface area contributed by atoms with Crippen LogP contribution in [0.4, 0.5) is 0 Å². The van der Waals surface area contributed by atoms with Gasteiger partial charge >= 0.3 is 0 Å². The molecule has 2 N–H and O–H groups in total. The monoisotopic (exact) mass is 281 g/mol. The Balaban J connectivity index is 1.86. The molecule has 5 heteroatoms. The number of amides is 1. The molecule has 1 amide bonds. The molecule has 2 heterocycles. The lowest BCUT2D eigenvalue weighted by atomic mass is 9.90. The lowest BCUT2D eigenvalue weighted by Crippen LogP contribution is -2.37. The van der Waals surface area contributed by atoms with Crippen LogP contribution in [0.15, 0.2) is 18.2 Å². The number of aliphatic hydroxyl groups excluding tert-OH is 1. The second kappa shape index (κ2) is 4.69. The van der Waals surface area contributed by atoms with E-state index in [9.17, 15) is 15.0 Å². The van der Waals surface area contributed by atoms with Gasteiger partial charge in [-0.15, -0.1) is 0 Å². The Bertz CT molecular complexity index is 519. The zero-order valence-corrected chi connectivity index (χ0v) is 11.2. The summed E-state index contributed by atoms with van der Waals surface area (Å²) in [6.45, 7) is 0.136. The Kier molecular flexibility index (Phi) is 3.15. The number of fused-ring (bicyclic) bond motifs is 2. The summed E-state index contributed by atoms with van der Waals surface area (Å²) in [6, 6.07) is 4.95. The fraction of sp³-hybridized carbons (Fsp3) is 0.500. The summed E-state index contributed by atoms with van der Waals surface area (Å²) in [5.74, 6) is 0.0526. The van der Waals surface area contributed by atoms with Gasteiger partial charge < -0.3 is 15.1 Å². The Labute approximate surface area is 116 Å². The summed E-state index contributed by atoms with van der Waals surface area (Å²) in [5.41, 5.74) is 0.456. The molecule has 19 heavy (non-hydrogen) atoms. The van der Waals surface area contributed by atoms with Gasteiger partial charge in [-0.3, -0.25) is 4.79 Å². The Morgan fingerprint density at radius 1 is 1.42 bits per heavy atom. The van der Waals surface area contributed by atoms with Crippen molar-refractivity contribution in [1.29, 1.82) is 0 Å². The van der Waals surface area contributed by atoms with E-state index in [-0.39, 0.29) is 41.3 Å². The summed E-state index contributed by atoms with van der Waals surface area (Å²) in [6.07, 6.45) is 2.85. The lowest BCUT2D eigenvalue weighted by molar-refractivity contribution is 0.0707. The number of carbonyl (C=O) groups is 1. The first-order valence-corrected chi connectivity index (χ1v) is 6.91. The summed E-state index contributed by atoms with van der Waals surface area (Å²) in [5, 5.41) is 19.2. The molecule has 2 bridgehead atoms. The van der Waals surface area contributed by atoms with E-state index in [0.717, 1.165) is 19.3 Å². The zero-order chi connectivity index (χ0) is 13.6. The predicted octanol–water partition coefficient (Wildman–Crippen LogP) is 2.03. The second-order valence-corrected chi connectivity index (χ2v) is 5.76. The molecule has 2 fully saturated rings. The number of carbonyl (C=O) groups excluding carboxylic acids is 1. The molecule has 2 saturated heterocycles. The van der Waals surface area contributed by atoms with Crippen LogP contribution in [-0.4, -0.2) is 39.7 Å². The van der Waals surface area contributed by atoms with Gasteiger partial charge in [0.2, 0.25) is 0 Å². The average molecular weight is 282 g/mol. The minimum absolute atomic E-state index is 0.0715. The maximum absolute atomic E-state index is 12.5.